The molecule has 31 heavy (non-hydrogen) atoms. The number of rotatable bonds is 8. The monoisotopic (exact) mass is 419 g/mol. The highest BCUT2D eigenvalue weighted by Gasteiger charge is 2.19. The van der Waals surface area contributed by atoms with Crippen molar-refractivity contribution in [1.82, 2.24) is 10.2 Å². The predicted molar refractivity (Wildman–Crippen MR) is 122 cm³/mol. The van der Waals surface area contributed by atoms with E-state index in [1.165, 1.54) is 11.1 Å². The summed E-state index contributed by atoms with van der Waals surface area (Å²) in [6.07, 6.45) is 0.377. The SMILES string of the molecule is NCCOc1ccc2cc(C(=O)NCC(O)CN3CCc4ccccc4C3)ccc2c1. The first kappa shape index (κ1) is 21.3. The lowest BCUT2D eigenvalue weighted by Gasteiger charge is -2.30. The minimum Gasteiger partial charge on any atom is -0.492 e. The van der Waals surface area contributed by atoms with Gasteiger partial charge in [-0.15, -0.1) is 0 Å². The van der Waals surface area contributed by atoms with Crippen LogP contribution < -0.4 is 15.8 Å². The minimum absolute atomic E-state index is 0.187. The number of ether oxygens (including phenoxy) is 1. The van der Waals surface area contributed by atoms with Crippen molar-refractivity contribution in [3.8, 4) is 5.75 Å². The molecule has 1 amide bonds. The Labute approximate surface area is 182 Å². The lowest BCUT2D eigenvalue weighted by atomic mass is 10.00. The molecule has 1 aliphatic heterocycles. The Morgan fingerprint density at radius 1 is 1.10 bits per heavy atom. The molecule has 4 rings (SSSR count). The second kappa shape index (κ2) is 9.92. The lowest BCUT2D eigenvalue weighted by Crippen LogP contribution is -2.42. The van der Waals surface area contributed by atoms with Crippen LogP contribution in [0.15, 0.2) is 60.7 Å². The Balaban J connectivity index is 1.30. The molecule has 1 heterocycles. The number of hydrogen-bond acceptors (Lipinski definition) is 5. The second-order valence-corrected chi connectivity index (χ2v) is 7.98. The highest BCUT2D eigenvalue weighted by Crippen LogP contribution is 2.22. The van der Waals surface area contributed by atoms with Crippen LogP contribution in [-0.2, 0) is 13.0 Å². The van der Waals surface area contributed by atoms with E-state index in [0.717, 1.165) is 36.0 Å². The summed E-state index contributed by atoms with van der Waals surface area (Å²) >= 11 is 0. The fourth-order valence-electron chi connectivity index (χ4n) is 4.02. The third-order valence-electron chi connectivity index (χ3n) is 5.64. The fraction of sp³-hybridized carbons (Fsp3) is 0.320. The number of fused-ring (bicyclic) bond motifs is 2. The van der Waals surface area contributed by atoms with Crippen molar-refractivity contribution in [2.24, 2.45) is 5.73 Å². The zero-order chi connectivity index (χ0) is 21.6. The van der Waals surface area contributed by atoms with Crippen LogP contribution in [0.3, 0.4) is 0 Å². The third-order valence-corrected chi connectivity index (χ3v) is 5.64. The highest BCUT2D eigenvalue weighted by atomic mass is 16.5. The maximum atomic E-state index is 12.6. The van der Waals surface area contributed by atoms with Gasteiger partial charge >= 0.3 is 0 Å². The largest absolute Gasteiger partial charge is 0.492 e. The molecule has 1 aliphatic rings. The van der Waals surface area contributed by atoms with Gasteiger partial charge in [0.05, 0.1) is 6.10 Å². The van der Waals surface area contributed by atoms with Crippen molar-refractivity contribution in [3.63, 3.8) is 0 Å². The van der Waals surface area contributed by atoms with Gasteiger partial charge in [0.1, 0.15) is 12.4 Å². The molecule has 0 saturated heterocycles. The Morgan fingerprint density at radius 2 is 1.87 bits per heavy atom. The smallest absolute Gasteiger partial charge is 0.251 e. The van der Waals surface area contributed by atoms with Crippen LogP contribution in [0.5, 0.6) is 5.75 Å². The van der Waals surface area contributed by atoms with Crippen LogP contribution in [0.1, 0.15) is 21.5 Å². The van der Waals surface area contributed by atoms with E-state index in [1.807, 2.05) is 30.3 Å². The first-order chi connectivity index (χ1) is 15.1. The van der Waals surface area contributed by atoms with Gasteiger partial charge in [0.15, 0.2) is 0 Å². The number of nitrogens with two attached hydrogens (primary N) is 1. The van der Waals surface area contributed by atoms with Crippen molar-refractivity contribution in [1.29, 1.82) is 0 Å². The number of aliphatic hydroxyl groups is 1. The number of hydrogen-bond donors (Lipinski definition) is 3. The van der Waals surface area contributed by atoms with Crippen molar-refractivity contribution in [3.05, 3.63) is 77.4 Å². The van der Waals surface area contributed by atoms with Gasteiger partial charge in [-0.2, -0.15) is 0 Å². The van der Waals surface area contributed by atoms with Crippen LogP contribution in [0.4, 0.5) is 0 Å². The van der Waals surface area contributed by atoms with Gasteiger partial charge in [0.2, 0.25) is 0 Å². The second-order valence-electron chi connectivity index (χ2n) is 7.98. The van der Waals surface area contributed by atoms with Gasteiger partial charge in [-0.1, -0.05) is 36.4 Å². The molecule has 0 aliphatic carbocycles. The average molecular weight is 420 g/mol. The summed E-state index contributed by atoms with van der Waals surface area (Å²) in [6.45, 7) is 3.46. The first-order valence-corrected chi connectivity index (χ1v) is 10.7. The van der Waals surface area contributed by atoms with E-state index >= 15 is 0 Å². The van der Waals surface area contributed by atoms with Gasteiger partial charge in [-0.05, 0) is 52.6 Å². The molecule has 1 atom stereocenters. The molecule has 0 spiro atoms. The molecular weight excluding hydrogens is 390 g/mol. The van der Waals surface area contributed by atoms with E-state index in [9.17, 15) is 9.90 Å². The topological polar surface area (TPSA) is 87.8 Å². The number of benzene rings is 3. The van der Waals surface area contributed by atoms with Gasteiger partial charge < -0.3 is 20.9 Å². The standard InChI is InChI=1S/C25H29N3O3/c26-10-12-31-24-8-7-19-13-21(6-5-20(19)14-24)25(30)27-15-23(29)17-28-11-9-18-3-1-2-4-22(18)16-28/h1-8,13-14,23,29H,9-12,15-17,26H2,(H,27,30). The third kappa shape index (κ3) is 5.41. The van der Waals surface area contributed by atoms with Crippen molar-refractivity contribution in [2.75, 3.05) is 32.8 Å². The number of carbonyl (C=O) groups is 1. The fourth-order valence-corrected chi connectivity index (χ4v) is 4.02. The Bertz CT molecular complexity index is 1050. The van der Waals surface area contributed by atoms with E-state index in [-0.39, 0.29) is 12.5 Å². The summed E-state index contributed by atoms with van der Waals surface area (Å²) in [6, 6.07) is 19.7. The molecule has 0 bridgehead atoms. The van der Waals surface area contributed by atoms with Crippen molar-refractivity contribution >= 4 is 16.7 Å². The van der Waals surface area contributed by atoms with E-state index in [0.29, 0.717) is 25.3 Å². The zero-order valence-corrected chi connectivity index (χ0v) is 17.6. The van der Waals surface area contributed by atoms with Gasteiger partial charge in [-0.3, -0.25) is 9.69 Å². The highest BCUT2D eigenvalue weighted by molar-refractivity contribution is 5.98. The number of nitrogens with zero attached hydrogens (tertiary/aromatic N) is 1. The maximum absolute atomic E-state index is 12.6. The number of amides is 1. The molecule has 3 aromatic rings. The summed E-state index contributed by atoms with van der Waals surface area (Å²) in [7, 11) is 0. The molecule has 0 fully saturated rings. The van der Waals surface area contributed by atoms with Crippen LogP contribution in [0.2, 0.25) is 0 Å². The summed E-state index contributed by atoms with van der Waals surface area (Å²) in [5, 5.41) is 15.3. The summed E-state index contributed by atoms with van der Waals surface area (Å²) in [4.78, 5) is 14.8. The van der Waals surface area contributed by atoms with E-state index in [1.54, 1.807) is 6.07 Å². The minimum atomic E-state index is -0.614. The zero-order valence-electron chi connectivity index (χ0n) is 17.6. The van der Waals surface area contributed by atoms with Crippen LogP contribution in [0.25, 0.3) is 10.8 Å². The number of aliphatic hydroxyl groups excluding tert-OH is 1. The molecule has 0 aromatic heterocycles. The van der Waals surface area contributed by atoms with Gasteiger partial charge in [0.25, 0.3) is 5.91 Å². The summed E-state index contributed by atoms with van der Waals surface area (Å²) in [5.41, 5.74) is 8.75. The Kier molecular flexibility index (Phi) is 6.82. The lowest BCUT2D eigenvalue weighted by molar-refractivity contribution is 0.0842. The van der Waals surface area contributed by atoms with Crippen LogP contribution >= 0.6 is 0 Å². The summed E-state index contributed by atoms with van der Waals surface area (Å²) < 4.78 is 5.55. The molecule has 0 saturated carbocycles. The number of carbonyl (C=O) groups excluding carboxylic acids is 1. The average Bonchev–Trinajstić information content (AvgIpc) is 2.80. The maximum Gasteiger partial charge on any atom is 0.251 e. The Hall–Kier alpha value is -2.93. The van der Waals surface area contributed by atoms with E-state index < -0.39 is 6.10 Å². The molecule has 6 heteroatoms. The van der Waals surface area contributed by atoms with Gasteiger partial charge in [-0.25, -0.2) is 0 Å². The molecule has 4 N–H and O–H groups in total. The van der Waals surface area contributed by atoms with Crippen molar-refractivity contribution < 1.29 is 14.6 Å². The Morgan fingerprint density at radius 3 is 2.71 bits per heavy atom. The van der Waals surface area contributed by atoms with Gasteiger partial charge in [0, 0.05) is 38.3 Å². The number of nitrogens with one attached hydrogen (secondary N) is 1. The predicted octanol–water partition coefficient (Wildman–Crippen LogP) is 2.33. The first-order valence-electron chi connectivity index (χ1n) is 10.7. The molecule has 162 valence electrons. The van der Waals surface area contributed by atoms with E-state index in [2.05, 4.69) is 34.5 Å². The van der Waals surface area contributed by atoms with Crippen LogP contribution in [-0.4, -0.2) is 54.8 Å². The molecule has 6 nitrogen and oxygen atoms in total. The summed E-state index contributed by atoms with van der Waals surface area (Å²) in [5.74, 6) is 0.576. The molecular formula is C25H29N3O3. The quantitative estimate of drug-likeness (QED) is 0.522. The van der Waals surface area contributed by atoms with E-state index in [4.69, 9.17) is 10.5 Å². The number of β-amino-alcohol motifs (C(OH)–C–C–N with tert-alkyl or cyclic N) is 1. The normalized spacial score (nSPS) is 14.8. The van der Waals surface area contributed by atoms with Crippen LogP contribution in [0, 0.1) is 0 Å². The molecule has 3 aromatic carbocycles. The molecule has 1 unspecified atom stereocenters. The molecule has 0 radical (unpaired) electrons. The van der Waals surface area contributed by atoms with Crippen molar-refractivity contribution in [2.45, 2.75) is 19.1 Å².